The minimum atomic E-state index is 0.267. The Balaban J connectivity index is 1.84. The topological polar surface area (TPSA) is 43.0 Å². The summed E-state index contributed by atoms with van der Waals surface area (Å²) in [7, 11) is 1.96. The molecule has 0 spiro atoms. The van der Waals surface area contributed by atoms with E-state index in [1.54, 1.807) is 0 Å². The van der Waals surface area contributed by atoms with Crippen molar-refractivity contribution in [3.8, 4) is 0 Å². The minimum absolute atomic E-state index is 0.267. The highest BCUT2D eigenvalue weighted by atomic mass is 16.3. The average molecular weight is 287 g/mol. The molecule has 0 aromatic carbocycles. The first-order valence-corrected chi connectivity index (χ1v) is 7.68. The van der Waals surface area contributed by atoms with E-state index in [0.29, 0.717) is 6.04 Å². The third kappa shape index (κ3) is 2.91. The molecule has 21 heavy (non-hydrogen) atoms. The van der Waals surface area contributed by atoms with Gasteiger partial charge in [0.2, 0.25) is 0 Å². The molecule has 114 valence electrons. The number of nitrogens with zero attached hydrogens (tertiary/aromatic N) is 2. The van der Waals surface area contributed by atoms with Crippen molar-refractivity contribution in [3.63, 3.8) is 0 Å². The predicted octanol–water partition coefficient (Wildman–Crippen LogP) is 3.69. The summed E-state index contributed by atoms with van der Waals surface area (Å²) >= 11 is 0. The van der Waals surface area contributed by atoms with Crippen molar-refractivity contribution in [2.45, 2.75) is 52.6 Å². The molecule has 0 aliphatic heterocycles. The van der Waals surface area contributed by atoms with Crippen molar-refractivity contribution < 1.29 is 4.42 Å². The van der Waals surface area contributed by atoms with E-state index in [1.807, 2.05) is 24.9 Å². The number of fused-ring (bicyclic) bond motifs is 1. The summed E-state index contributed by atoms with van der Waals surface area (Å²) in [6, 6.07) is 2.81. The van der Waals surface area contributed by atoms with Gasteiger partial charge in [0.15, 0.2) is 0 Å². The zero-order valence-electron chi connectivity index (χ0n) is 13.6. The molecule has 0 bridgehead atoms. The molecule has 2 atom stereocenters. The quantitative estimate of drug-likeness (QED) is 0.936. The Kier molecular flexibility index (Phi) is 3.44. The summed E-state index contributed by atoms with van der Waals surface area (Å²) < 4.78 is 7.76. The van der Waals surface area contributed by atoms with E-state index in [4.69, 9.17) is 4.42 Å². The van der Waals surface area contributed by atoms with Gasteiger partial charge in [-0.15, -0.1) is 0 Å². The van der Waals surface area contributed by atoms with Crippen molar-refractivity contribution >= 4 is 0 Å². The highest BCUT2D eigenvalue weighted by Gasteiger charge is 2.35. The molecule has 0 radical (unpaired) electrons. The molecule has 2 unspecified atom stereocenters. The number of hydrogen-bond acceptors (Lipinski definition) is 3. The molecule has 2 aromatic heterocycles. The number of rotatable bonds is 3. The third-order valence-electron chi connectivity index (χ3n) is 4.41. The van der Waals surface area contributed by atoms with Gasteiger partial charge in [0.25, 0.3) is 0 Å². The normalized spacial score (nSPS) is 22.0. The summed E-state index contributed by atoms with van der Waals surface area (Å²) in [5.74, 6) is 2.16. The van der Waals surface area contributed by atoms with Gasteiger partial charge < -0.3 is 9.73 Å². The molecule has 0 saturated heterocycles. The van der Waals surface area contributed by atoms with Crippen LogP contribution in [0.5, 0.6) is 0 Å². The van der Waals surface area contributed by atoms with Crippen LogP contribution in [0.25, 0.3) is 0 Å². The lowest BCUT2D eigenvalue weighted by atomic mass is 9.74. The van der Waals surface area contributed by atoms with E-state index in [1.165, 1.54) is 11.1 Å². The molecule has 2 aromatic rings. The Hall–Kier alpha value is -1.55. The SMILES string of the molecule is Cc1cc2c(o1)CC(C)(C)CC2NC(C)c1cnn(C)c1. The molecular weight excluding hydrogens is 262 g/mol. The molecule has 3 rings (SSSR count). The summed E-state index contributed by atoms with van der Waals surface area (Å²) in [6.07, 6.45) is 6.17. The molecule has 0 saturated carbocycles. The molecule has 1 N–H and O–H groups in total. The summed E-state index contributed by atoms with van der Waals surface area (Å²) in [5, 5.41) is 8.03. The van der Waals surface area contributed by atoms with Crippen LogP contribution in [0.1, 0.15) is 61.9 Å². The van der Waals surface area contributed by atoms with Crippen LogP contribution in [0.4, 0.5) is 0 Å². The van der Waals surface area contributed by atoms with Gasteiger partial charge in [-0.2, -0.15) is 5.10 Å². The van der Waals surface area contributed by atoms with Crippen molar-refractivity contribution in [3.05, 3.63) is 41.1 Å². The van der Waals surface area contributed by atoms with Crippen LogP contribution in [0.3, 0.4) is 0 Å². The van der Waals surface area contributed by atoms with Crippen LogP contribution >= 0.6 is 0 Å². The maximum atomic E-state index is 5.91. The van der Waals surface area contributed by atoms with Gasteiger partial charge in [-0.25, -0.2) is 0 Å². The lowest BCUT2D eigenvalue weighted by Crippen LogP contribution is -2.33. The lowest BCUT2D eigenvalue weighted by molar-refractivity contribution is 0.226. The van der Waals surface area contributed by atoms with Gasteiger partial charge in [-0.3, -0.25) is 4.68 Å². The van der Waals surface area contributed by atoms with Crippen molar-refractivity contribution in [2.24, 2.45) is 12.5 Å². The minimum Gasteiger partial charge on any atom is -0.466 e. The van der Waals surface area contributed by atoms with E-state index in [2.05, 4.69) is 43.4 Å². The fraction of sp³-hybridized carbons (Fsp3) is 0.588. The van der Waals surface area contributed by atoms with Gasteiger partial charge in [-0.05, 0) is 31.7 Å². The van der Waals surface area contributed by atoms with E-state index >= 15 is 0 Å². The highest BCUT2D eigenvalue weighted by Crippen LogP contribution is 2.42. The second kappa shape index (κ2) is 5.02. The average Bonchev–Trinajstić information content (AvgIpc) is 2.93. The van der Waals surface area contributed by atoms with Crippen LogP contribution in [-0.4, -0.2) is 9.78 Å². The van der Waals surface area contributed by atoms with Gasteiger partial charge >= 0.3 is 0 Å². The van der Waals surface area contributed by atoms with Gasteiger partial charge in [-0.1, -0.05) is 13.8 Å². The monoisotopic (exact) mass is 287 g/mol. The summed E-state index contributed by atoms with van der Waals surface area (Å²) in [6.45, 7) is 8.87. The number of aryl methyl sites for hydroxylation is 2. The summed E-state index contributed by atoms with van der Waals surface area (Å²) in [5.41, 5.74) is 2.83. The molecular formula is C17H25N3O. The van der Waals surface area contributed by atoms with Crippen LogP contribution in [0, 0.1) is 12.3 Å². The first-order valence-electron chi connectivity index (χ1n) is 7.68. The lowest BCUT2D eigenvalue weighted by Gasteiger charge is -2.36. The Morgan fingerprint density at radius 2 is 2.24 bits per heavy atom. The fourth-order valence-corrected chi connectivity index (χ4v) is 3.40. The third-order valence-corrected chi connectivity index (χ3v) is 4.41. The zero-order valence-corrected chi connectivity index (χ0v) is 13.6. The maximum Gasteiger partial charge on any atom is 0.109 e. The van der Waals surface area contributed by atoms with E-state index < -0.39 is 0 Å². The van der Waals surface area contributed by atoms with Gasteiger partial charge in [0.05, 0.1) is 6.20 Å². The standard InChI is InChI=1S/C17H25N3O/c1-11-6-14-15(7-17(3,4)8-16(14)21-11)19-12(2)13-9-18-20(5)10-13/h6,9-10,12,15,19H,7-8H2,1-5H3. The Labute approximate surface area is 126 Å². The van der Waals surface area contributed by atoms with Gasteiger partial charge in [0.1, 0.15) is 11.5 Å². The van der Waals surface area contributed by atoms with Crippen molar-refractivity contribution in [1.29, 1.82) is 0 Å². The number of hydrogen-bond donors (Lipinski definition) is 1. The highest BCUT2D eigenvalue weighted by molar-refractivity contribution is 5.29. The Bertz CT molecular complexity index is 638. The second-order valence-electron chi connectivity index (χ2n) is 7.17. The number of furan rings is 1. The first-order chi connectivity index (χ1) is 9.84. The van der Waals surface area contributed by atoms with E-state index in [9.17, 15) is 0 Å². The second-order valence-corrected chi connectivity index (χ2v) is 7.17. The van der Waals surface area contributed by atoms with E-state index in [0.717, 1.165) is 24.4 Å². The van der Waals surface area contributed by atoms with Crippen LogP contribution in [-0.2, 0) is 13.5 Å². The molecule has 4 nitrogen and oxygen atoms in total. The number of nitrogens with one attached hydrogen (secondary N) is 1. The molecule has 0 fully saturated rings. The molecule has 2 heterocycles. The van der Waals surface area contributed by atoms with E-state index in [-0.39, 0.29) is 11.5 Å². The Morgan fingerprint density at radius 1 is 1.48 bits per heavy atom. The van der Waals surface area contributed by atoms with Gasteiger partial charge in [0, 0.05) is 42.9 Å². The summed E-state index contributed by atoms with van der Waals surface area (Å²) in [4.78, 5) is 0. The van der Waals surface area contributed by atoms with Crippen LogP contribution < -0.4 is 5.32 Å². The maximum absolute atomic E-state index is 5.91. The largest absolute Gasteiger partial charge is 0.466 e. The molecule has 1 aliphatic rings. The van der Waals surface area contributed by atoms with Crippen LogP contribution in [0.15, 0.2) is 22.9 Å². The molecule has 1 aliphatic carbocycles. The van der Waals surface area contributed by atoms with Crippen molar-refractivity contribution in [1.82, 2.24) is 15.1 Å². The fourth-order valence-electron chi connectivity index (χ4n) is 3.40. The Morgan fingerprint density at radius 3 is 2.90 bits per heavy atom. The molecule has 4 heteroatoms. The van der Waals surface area contributed by atoms with Crippen molar-refractivity contribution in [2.75, 3.05) is 0 Å². The smallest absolute Gasteiger partial charge is 0.109 e. The molecule has 0 amide bonds. The van der Waals surface area contributed by atoms with Crippen LogP contribution in [0.2, 0.25) is 0 Å². The zero-order chi connectivity index (χ0) is 15.2. The predicted molar refractivity (Wildman–Crippen MR) is 83.0 cm³/mol. The number of aromatic nitrogens is 2. The first kappa shape index (κ1) is 14.4.